The van der Waals surface area contributed by atoms with Crippen LogP contribution < -0.4 is 4.74 Å². The largest absolute Gasteiger partial charge is 0.477 e. The zero-order chi connectivity index (χ0) is 24.3. The van der Waals surface area contributed by atoms with E-state index in [0.29, 0.717) is 29.8 Å². The quantitative estimate of drug-likeness (QED) is 0.372. The monoisotopic (exact) mass is 477 g/mol. The number of hydrogen-bond donors (Lipinski definition) is 0. The third kappa shape index (κ3) is 4.82. The van der Waals surface area contributed by atoms with Gasteiger partial charge < -0.3 is 9.64 Å². The van der Waals surface area contributed by atoms with E-state index in [1.54, 1.807) is 18.6 Å². The molecule has 0 radical (unpaired) electrons. The maximum absolute atomic E-state index is 13.5. The highest BCUT2D eigenvalue weighted by Crippen LogP contribution is 2.35. The fraction of sp³-hybridized carbons (Fsp3) is 0.276. The summed E-state index contributed by atoms with van der Waals surface area (Å²) in [6.07, 6.45) is 14.0. The van der Waals surface area contributed by atoms with Crippen LogP contribution in [0.25, 0.3) is 22.3 Å². The zero-order valence-corrected chi connectivity index (χ0v) is 20.0. The minimum atomic E-state index is 0.0352. The number of carbonyl (C=O) groups excluding carboxylic acids is 1. The Morgan fingerprint density at radius 3 is 2.56 bits per heavy atom. The van der Waals surface area contributed by atoms with Crippen LogP contribution in [0.5, 0.6) is 5.88 Å². The summed E-state index contributed by atoms with van der Waals surface area (Å²) in [6.45, 7) is 2.16. The first-order chi connectivity index (χ1) is 17.7. The number of hydrogen-bond acceptors (Lipinski definition) is 6. The smallest absolute Gasteiger partial charge is 0.253 e. The predicted octanol–water partition coefficient (Wildman–Crippen LogP) is 5.02. The maximum atomic E-state index is 13.5. The summed E-state index contributed by atoms with van der Waals surface area (Å²) < 4.78 is 5.80. The number of nitrogens with zero attached hydrogens (tertiary/aromatic N) is 5. The van der Waals surface area contributed by atoms with Gasteiger partial charge in [-0.05, 0) is 66.1 Å². The van der Waals surface area contributed by atoms with E-state index in [1.165, 1.54) is 24.7 Å². The number of ether oxygens (including phenoxy) is 1. The molecule has 2 fully saturated rings. The van der Waals surface area contributed by atoms with Gasteiger partial charge in [0.1, 0.15) is 6.33 Å². The molecule has 0 N–H and O–H groups in total. The first kappa shape index (κ1) is 22.3. The molecule has 1 saturated heterocycles. The summed E-state index contributed by atoms with van der Waals surface area (Å²) in [7, 11) is 0. The summed E-state index contributed by atoms with van der Waals surface area (Å²) in [5.41, 5.74) is 5.51. The number of rotatable bonds is 7. The third-order valence-corrected chi connectivity index (χ3v) is 6.98. The van der Waals surface area contributed by atoms with Crippen molar-refractivity contribution in [3.8, 4) is 28.1 Å². The highest BCUT2D eigenvalue weighted by Gasteiger charge is 2.28. The molecular weight excluding hydrogens is 450 g/mol. The predicted molar refractivity (Wildman–Crippen MR) is 136 cm³/mol. The Balaban J connectivity index is 1.27. The second kappa shape index (κ2) is 9.85. The van der Waals surface area contributed by atoms with Crippen molar-refractivity contribution in [1.29, 1.82) is 0 Å². The molecule has 36 heavy (non-hydrogen) atoms. The molecule has 1 aromatic carbocycles. The minimum absolute atomic E-state index is 0.0352. The molecule has 7 nitrogen and oxygen atoms in total. The van der Waals surface area contributed by atoms with E-state index in [0.717, 1.165) is 41.8 Å². The second-order valence-electron chi connectivity index (χ2n) is 9.55. The number of benzene rings is 1. The lowest BCUT2D eigenvalue weighted by molar-refractivity contribution is 0.0791. The molecular formula is C29H27N5O2. The molecule has 6 rings (SSSR count). The molecule has 4 aromatic rings. The van der Waals surface area contributed by atoms with E-state index in [-0.39, 0.29) is 5.91 Å². The van der Waals surface area contributed by atoms with Crippen LogP contribution in [0, 0.1) is 5.92 Å². The molecule has 7 heteroatoms. The van der Waals surface area contributed by atoms with Crippen molar-refractivity contribution in [2.45, 2.75) is 25.2 Å². The number of carbonyl (C=O) groups is 1. The SMILES string of the molecule is O=C(c1ccc(-c2ccc(OCC3CC3)nc2)c(-c2cncnc2)c1)N1CCC(c2cccnc2)C1. The van der Waals surface area contributed by atoms with Gasteiger partial charge in [-0.15, -0.1) is 0 Å². The Kier molecular flexibility index (Phi) is 6.11. The van der Waals surface area contributed by atoms with E-state index < -0.39 is 0 Å². The number of amides is 1. The van der Waals surface area contributed by atoms with Crippen LogP contribution in [0.1, 0.15) is 41.1 Å². The van der Waals surface area contributed by atoms with Crippen LogP contribution in [0.4, 0.5) is 0 Å². The molecule has 1 aliphatic heterocycles. The van der Waals surface area contributed by atoms with Gasteiger partial charge in [0.15, 0.2) is 0 Å². The minimum Gasteiger partial charge on any atom is -0.477 e. The van der Waals surface area contributed by atoms with Gasteiger partial charge >= 0.3 is 0 Å². The van der Waals surface area contributed by atoms with Gasteiger partial charge in [0.05, 0.1) is 6.61 Å². The number of pyridine rings is 2. The van der Waals surface area contributed by atoms with Crippen molar-refractivity contribution in [2.75, 3.05) is 19.7 Å². The fourth-order valence-corrected chi connectivity index (χ4v) is 4.74. The van der Waals surface area contributed by atoms with Crippen LogP contribution in [-0.2, 0) is 0 Å². The summed E-state index contributed by atoms with van der Waals surface area (Å²) in [4.78, 5) is 32.6. The lowest BCUT2D eigenvalue weighted by Gasteiger charge is -2.18. The molecule has 180 valence electrons. The van der Waals surface area contributed by atoms with E-state index in [2.05, 4.69) is 26.0 Å². The first-order valence-electron chi connectivity index (χ1n) is 12.4. The molecule has 0 bridgehead atoms. The van der Waals surface area contributed by atoms with E-state index in [9.17, 15) is 4.79 Å². The van der Waals surface area contributed by atoms with Gasteiger partial charge in [-0.1, -0.05) is 12.1 Å². The first-order valence-corrected chi connectivity index (χ1v) is 12.4. The lowest BCUT2D eigenvalue weighted by Crippen LogP contribution is -2.28. The van der Waals surface area contributed by atoms with E-state index in [4.69, 9.17) is 4.74 Å². The Labute approximate surface area is 210 Å². The Hall–Kier alpha value is -4.13. The molecule has 1 saturated carbocycles. The van der Waals surface area contributed by atoms with Crippen LogP contribution in [0.2, 0.25) is 0 Å². The molecule has 1 atom stereocenters. The maximum Gasteiger partial charge on any atom is 0.253 e. The third-order valence-electron chi connectivity index (χ3n) is 6.98. The van der Waals surface area contributed by atoms with E-state index >= 15 is 0 Å². The molecule has 1 amide bonds. The highest BCUT2D eigenvalue weighted by molar-refractivity contribution is 5.98. The van der Waals surface area contributed by atoms with Crippen molar-refractivity contribution >= 4 is 5.91 Å². The van der Waals surface area contributed by atoms with Crippen molar-refractivity contribution in [1.82, 2.24) is 24.8 Å². The van der Waals surface area contributed by atoms with Gasteiger partial charge in [-0.3, -0.25) is 9.78 Å². The van der Waals surface area contributed by atoms with Crippen LogP contribution in [0.15, 0.2) is 79.8 Å². The Morgan fingerprint density at radius 2 is 1.81 bits per heavy atom. The molecule has 1 aliphatic carbocycles. The van der Waals surface area contributed by atoms with Crippen LogP contribution >= 0.6 is 0 Å². The molecule has 4 heterocycles. The average Bonchev–Trinajstić information content (AvgIpc) is 3.65. The Bertz CT molecular complexity index is 1340. The lowest BCUT2D eigenvalue weighted by atomic mass is 9.94. The van der Waals surface area contributed by atoms with Gasteiger partial charge in [0.25, 0.3) is 5.91 Å². The topological polar surface area (TPSA) is 81.1 Å². The molecule has 1 unspecified atom stereocenters. The van der Waals surface area contributed by atoms with Gasteiger partial charge in [-0.2, -0.15) is 0 Å². The molecule has 2 aliphatic rings. The standard InChI is InChI=1S/C29H27N5O2/c35-29(34-11-9-24(17-34)22-2-1-10-30-13-22)21-5-7-26(27(12-21)25-14-31-19-32-15-25)23-6-8-28(33-16-23)36-18-20-3-4-20/h1-2,5-8,10,12-16,19-20,24H,3-4,9,11,17-18H2. The summed E-state index contributed by atoms with van der Waals surface area (Å²) in [5, 5.41) is 0. The van der Waals surface area contributed by atoms with Crippen molar-refractivity contribution < 1.29 is 9.53 Å². The van der Waals surface area contributed by atoms with Crippen LogP contribution in [0.3, 0.4) is 0 Å². The Morgan fingerprint density at radius 1 is 0.917 bits per heavy atom. The van der Waals surface area contributed by atoms with Crippen LogP contribution in [-0.4, -0.2) is 50.4 Å². The second-order valence-corrected chi connectivity index (χ2v) is 9.55. The number of aromatic nitrogens is 4. The van der Waals surface area contributed by atoms with Crippen molar-refractivity contribution in [2.24, 2.45) is 5.92 Å². The highest BCUT2D eigenvalue weighted by atomic mass is 16.5. The zero-order valence-electron chi connectivity index (χ0n) is 20.0. The van der Waals surface area contributed by atoms with Gasteiger partial charge in [-0.25, -0.2) is 15.0 Å². The summed E-state index contributed by atoms with van der Waals surface area (Å²) in [6, 6.07) is 13.8. The number of likely N-dealkylation sites (tertiary alicyclic amines) is 1. The van der Waals surface area contributed by atoms with Gasteiger partial charge in [0.2, 0.25) is 5.88 Å². The summed E-state index contributed by atoms with van der Waals surface area (Å²) in [5.74, 6) is 1.67. The van der Waals surface area contributed by atoms with Crippen molar-refractivity contribution in [3.63, 3.8) is 0 Å². The van der Waals surface area contributed by atoms with Gasteiger partial charge in [0, 0.05) is 72.7 Å². The molecule has 0 spiro atoms. The molecule has 3 aromatic heterocycles. The fourth-order valence-electron chi connectivity index (χ4n) is 4.74. The normalized spacial score (nSPS) is 17.2. The van der Waals surface area contributed by atoms with E-state index in [1.807, 2.05) is 53.7 Å². The summed E-state index contributed by atoms with van der Waals surface area (Å²) >= 11 is 0. The van der Waals surface area contributed by atoms with Crippen molar-refractivity contribution in [3.05, 3.63) is 90.9 Å². The average molecular weight is 478 g/mol.